The highest BCUT2D eigenvalue weighted by Crippen LogP contribution is 2.29. The smallest absolute Gasteiger partial charge is 0.225 e. The second kappa shape index (κ2) is 4.78. The summed E-state index contributed by atoms with van der Waals surface area (Å²) in [5.41, 5.74) is 0. The Labute approximate surface area is 86.9 Å². The number of carbonyl (C=O) groups excluding carboxylic acids is 1. The molecule has 0 spiro atoms. The Balaban J connectivity index is 2.64. The lowest BCUT2D eigenvalue weighted by atomic mass is 9.82. The number of amides is 1. The van der Waals surface area contributed by atoms with E-state index in [9.17, 15) is 4.79 Å². The minimum absolute atomic E-state index is 0.243. The van der Waals surface area contributed by atoms with Gasteiger partial charge in [-0.05, 0) is 31.8 Å². The van der Waals surface area contributed by atoms with Gasteiger partial charge < -0.3 is 10.2 Å². The molecule has 0 aromatic heterocycles. The molecule has 0 aromatic rings. The Morgan fingerprint density at radius 1 is 1.57 bits per heavy atom. The summed E-state index contributed by atoms with van der Waals surface area (Å²) in [6.45, 7) is 6.28. The number of nitrogens with one attached hydrogen (secondary N) is 1. The molecule has 82 valence electrons. The first-order valence-corrected chi connectivity index (χ1v) is 5.47. The van der Waals surface area contributed by atoms with Crippen LogP contribution in [0, 0.1) is 17.8 Å². The van der Waals surface area contributed by atoms with Gasteiger partial charge in [-0.25, -0.2) is 0 Å². The lowest BCUT2D eigenvalue weighted by Gasteiger charge is -2.25. The predicted molar refractivity (Wildman–Crippen MR) is 58.0 cm³/mol. The molecule has 0 radical (unpaired) electrons. The van der Waals surface area contributed by atoms with E-state index in [4.69, 9.17) is 0 Å². The zero-order valence-corrected chi connectivity index (χ0v) is 9.71. The van der Waals surface area contributed by atoms with Crippen molar-refractivity contribution in [3.63, 3.8) is 0 Å². The molecule has 14 heavy (non-hydrogen) atoms. The fourth-order valence-electron chi connectivity index (χ4n) is 2.32. The molecule has 1 N–H and O–H groups in total. The molecule has 0 bridgehead atoms. The number of hydrogen-bond acceptors (Lipinski definition) is 2. The van der Waals surface area contributed by atoms with Crippen LogP contribution in [-0.4, -0.2) is 38.0 Å². The predicted octanol–water partition coefficient (Wildman–Crippen LogP) is 0.956. The second-order valence-electron chi connectivity index (χ2n) is 4.62. The van der Waals surface area contributed by atoms with Crippen LogP contribution in [0.1, 0.15) is 20.3 Å². The number of nitrogens with zero attached hydrogens (tertiary/aromatic N) is 1. The van der Waals surface area contributed by atoms with Crippen molar-refractivity contribution < 1.29 is 4.79 Å². The van der Waals surface area contributed by atoms with Crippen molar-refractivity contribution in [2.75, 3.05) is 27.2 Å². The summed E-state index contributed by atoms with van der Waals surface area (Å²) in [5.74, 6) is 1.63. The van der Waals surface area contributed by atoms with Gasteiger partial charge in [0.25, 0.3) is 0 Å². The molecule has 1 aliphatic rings. The topological polar surface area (TPSA) is 32.3 Å². The number of likely N-dealkylation sites (tertiary alicyclic amines) is 1. The van der Waals surface area contributed by atoms with Gasteiger partial charge in [-0.1, -0.05) is 13.8 Å². The zero-order chi connectivity index (χ0) is 10.7. The van der Waals surface area contributed by atoms with Crippen molar-refractivity contribution in [3.8, 4) is 0 Å². The third kappa shape index (κ3) is 2.27. The summed E-state index contributed by atoms with van der Waals surface area (Å²) in [7, 11) is 3.86. The van der Waals surface area contributed by atoms with E-state index >= 15 is 0 Å². The van der Waals surface area contributed by atoms with Crippen molar-refractivity contribution in [2.45, 2.75) is 20.3 Å². The fraction of sp³-hybridized carbons (Fsp3) is 0.909. The normalized spacial score (nSPS) is 24.8. The van der Waals surface area contributed by atoms with Crippen molar-refractivity contribution in [3.05, 3.63) is 0 Å². The van der Waals surface area contributed by atoms with Gasteiger partial charge >= 0.3 is 0 Å². The van der Waals surface area contributed by atoms with Crippen molar-refractivity contribution in [2.24, 2.45) is 17.8 Å². The molecule has 3 heteroatoms. The van der Waals surface area contributed by atoms with Crippen molar-refractivity contribution in [1.29, 1.82) is 0 Å². The monoisotopic (exact) mass is 198 g/mol. The molecule has 3 nitrogen and oxygen atoms in total. The summed E-state index contributed by atoms with van der Waals surface area (Å²) in [6.07, 6.45) is 1.03. The van der Waals surface area contributed by atoms with Gasteiger partial charge in [0, 0.05) is 19.5 Å². The van der Waals surface area contributed by atoms with Crippen LogP contribution in [0.5, 0.6) is 0 Å². The third-order valence-corrected chi connectivity index (χ3v) is 3.28. The summed E-state index contributed by atoms with van der Waals surface area (Å²) in [6, 6.07) is 0. The summed E-state index contributed by atoms with van der Waals surface area (Å²) in [5, 5.41) is 3.19. The van der Waals surface area contributed by atoms with E-state index in [1.165, 1.54) is 0 Å². The SMILES string of the molecule is CNCC(C(C)C)C1CCN(C)C1=O. The zero-order valence-electron chi connectivity index (χ0n) is 9.71. The first-order chi connectivity index (χ1) is 6.57. The summed E-state index contributed by atoms with van der Waals surface area (Å²) in [4.78, 5) is 13.7. The Hall–Kier alpha value is -0.570. The van der Waals surface area contributed by atoms with Crippen LogP contribution < -0.4 is 5.32 Å². The molecule has 0 saturated carbocycles. The van der Waals surface area contributed by atoms with E-state index in [1.807, 2.05) is 19.0 Å². The fourth-order valence-corrected chi connectivity index (χ4v) is 2.32. The van der Waals surface area contributed by atoms with Gasteiger partial charge in [-0.15, -0.1) is 0 Å². The molecular weight excluding hydrogens is 176 g/mol. The summed E-state index contributed by atoms with van der Waals surface area (Å²) >= 11 is 0. The van der Waals surface area contributed by atoms with Crippen LogP contribution >= 0.6 is 0 Å². The van der Waals surface area contributed by atoms with Crippen LogP contribution in [0.3, 0.4) is 0 Å². The van der Waals surface area contributed by atoms with Gasteiger partial charge in [0.15, 0.2) is 0 Å². The van der Waals surface area contributed by atoms with Gasteiger partial charge in [0.2, 0.25) is 5.91 Å². The van der Waals surface area contributed by atoms with E-state index in [-0.39, 0.29) is 5.92 Å². The first-order valence-electron chi connectivity index (χ1n) is 5.47. The van der Waals surface area contributed by atoms with Crippen LogP contribution in [-0.2, 0) is 4.79 Å². The summed E-state index contributed by atoms with van der Waals surface area (Å²) < 4.78 is 0. The minimum atomic E-state index is 0.243. The molecule has 1 saturated heterocycles. The van der Waals surface area contributed by atoms with Crippen molar-refractivity contribution >= 4 is 5.91 Å². The van der Waals surface area contributed by atoms with Gasteiger partial charge in [-0.3, -0.25) is 4.79 Å². The maximum absolute atomic E-state index is 11.8. The van der Waals surface area contributed by atoms with Gasteiger partial charge in [-0.2, -0.15) is 0 Å². The standard InChI is InChI=1S/C11H22N2O/c1-8(2)10(7-12-3)9-5-6-13(4)11(9)14/h8-10,12H,5-7H2,1-4H3. The molecule has 2 atom stereocenters. The highest BCUT2D eigenvalue weighted by molar-refractivity contribution is 5.80. The Morgan fingerprint density at radius 3 is 2.57 bits per heavy atom. The highest BCUT2D eigenvalue weighted by Gasteiger charge is 2.36. The largest absolute Gasteiger partial charge is 0.345 e. The molecule has 1 aliphatic heterocycles. The molecule has 0 aliphatic carbocycles. The maximum Gasteiger partial charge on any atom is 0.225 e. The van der Waals surface area contributed by atoms with E-state index in [0.29, 0.717) is 17.7 Å². The Bertz CT molecular complexity index is 203. The lowest BCUT2D eigenvalue weighted by Crippen LogP contribution is -2.34. The van der Waals surface area contributed by atoms with Crippen LogP contribution in [0.4, 0.5) is 0 Å². The average molecular weight is 198 g/mol. The number of rotatable bonds is 4. The number of hydrogen-bond donors (Lipinski definition) is 1. The van der Waals surface area contributed by atoms with E-state index in [1.54, 1.807) is 0 Å². The first kappa shape index (κ1) is 11.5. The quantitative estimate of drug-likeness (QED) is 0.729. The molecule has 2 unspecified atom stereocenters. The highest BCUT2D eigenvalue weighted by atomic mass is 16.2. The minimum Gasteiger partial charge on any atom is -0.345 e. The second-order valence-corrected chi connectivity index (χ2v) is 4.62. The molecule has 1 heterocycles. The van der Waals surface area contributed by atoms with Crippen LogP contribution in [0.2, 0.25) is 0 Å². The van der Waals surface area contributed by atoms with Crippen molar-refractivity contribution in [1.82, 2.24) is 10.2 Å². The van der Waals surface area contributed by atoms with Crippen LogP contribution in [0.25, 0.3) is 0 Å². The van der Waals surface area contributed by atoms with E-state index in [0.717, 1.165) is 19.5 Å². The Kier molecular flexibility index (Phi) is 3.93. The van der Waals surface area contributed by atoms with E-state index in [2.05, 4.69) is 19.2 Å². The molecule has 1 fully saturated rings. The van der Waals surface area contributed by atoms with E-state index < -0.39 is 0 Å². The molecule has 1 amide bonds. The number of carbonyl (C=O) groups is 1. The van der Waals surface area contributed by atoms with Gasteiger partial charge in [0.1, 0.15) is 0 Å². The molecule has 1 rings (SSSR count). The average Bonchev–Trinajstić information content (AvgIpc) is 2.44. The Morgan fingerprint density at radius 2 is 2.21 bits per heavy atom. The lowest BCUT2D eigenvalue weighted by molar-refractivity contribution is -0.131. The van der Waals surface area contributed by atoms with Crippen LogP contribution in [0.15, 0.2) is 0 Å². The third-order valence-electron chi connectivity index (χ3n) is 3.28. The van der Waals surface area contributed by atoms with Gasteiger partial charge in [0.05, 0.1) is 0 Å². The molecular formula is C11H22N2O. The maximum atomic E-state index is 11.8. The molecule has 0 aromatic carbocycles.